The van der Waals surface area contributed by atoms with Gasteiger partial charge in [-0.25, -0.2) is 4.68 Å². The van der Waals surface area contributed by atoms with Gasteiger partial charge in [-0.3, -0.25) is 4.79 Å². The third-order valence-corrected chi connectivity index (χ3v) is 3.26. The Bertz CT molecular complexity index is 657. The van der Waals surface area contributed by atoms with Crippen LogP contribution in [0.4, 0.5) is 0 Å². The zero-order valence-electron chi connectivity index (χ0n) is 13.2. The van der Waals surface area contributed by atoms with Crippen molar-refractivity contribution in [1.29, 1.82) is 0 Å². The van der Waals surface area contributed by atoms with E-state index in [1.54, 1.807) is 22.9 Å². The van der Waals surface area contributed by atoms with Gasteiger partial charge < -0.3 is 14.6 Å². The lowest BCUT2D eigenvalue weighted by Crippen LogP contribution is -2.11. The zero-order valence-corrected chi connectivity index (χ0v) is 13.2. The number of aryl methyl sites for hydroxylation is 2. The monoisotopic (exact) mass is 320 g/mol. The summed E-state index contributed by atoms with van der Waals surface area (Å²) in [6, 6.07) is 5.04. The molecule has 0 atom stereocenters. The van der Waals surface area contributed by atoms with Crippen LogP contribution in [-0.2, 0) is 29.1 Å². The molecular weight excluding hydrogens is 300 g/mol. The summed E-state index contributed by atoms with van der Waals surface area (Å²) in [7, 11) is 1.48. The highest BCUT2D eigenvalue weighted by molar-refractivity contribution is 5.69. The van der Waals surface area contributed by atoms with Gasteiger partial charge in [-0.05, 0) is 41.0 Å². The highest BCUT2D eigenvalue weighted by Crippen LogP contribution is 2.26. The van der Waals surface area contributed by atoms with Crippen LogP contribution in [0.5, 0.6) is 11.5 Å². The normalized spacial score (nSPS) is 10.5. The van der Waals surface area contributed by atoms with Crippen molar-refractivity contribution in [2.45, 2.75) is 39.3 Å². The predicted octanol–water partition coefficient (Wildman–Crippen LogP) is 1.47. The molecule has 0 radical (unpaired) electrons. The first-order chi connectivity index (χ1) is 11.1. The van der Waals surface area contributed by atoms with Crippen LogP contribution in [0.3, 0.4) is 0 Å². The number of aromatic hydroxyl groups is 1. The molecule has 0 saturated carbocycles. The van der Waals surface area contributed by atoms with Gasteiger partial charge in [0.05, 0.1) is 7.11 Å². The number of methoxy groups -OCH3 is 1. The lowest BCUT2D eigenvalue weighted by atomic mass is 10.1. The van der Waals surface area contributed by atoms with E-state index < -0.39 is 0 Å². The summed E-state index contributed by atoms with van der Waals surface area (Å²) < 4.78 is 11.8. The van der Waals surface area contributed by atoms with E-state index in [0.717, 1.165) is 12.0 Å². The summed E-state index contributed by atoms with van der Waals surface area (Å²) in [4.78, 5) is 11.8. The van der Waals surface area contributed by atoms with Crippen molar-refractivity contribution in [1.82, 2.24) is 20.2 Å². The number of carbonyl (C=O) groups is 1. The standard InChI is InChI=1S/C15H20N4O4/c1-3-8-19-14(16-17-18-19)10-23-15(21)7-5-11-4-6-13(22-2)12(20)9-11/h4,6,9,20H,3,5,7-8,10H2,1-2H3. The fraction of sp³-hybridized carbons (Fsp3) is 0.467. The molecule has 1 N–H and O–H groups in total. The number of hydrogen-bond acceptors (Lipinski definition) is 7. The Hall–Kier alpha value is -2.64. The fourth-order valence-corrected chi connectivity index (χ4v) is 2.07. The molecule has 0 aliphatic carbocycles. The molecule has 2 aromatic rings. The summed E-state index contributed by atoms with van der Waals surface area (Å²) in [5.74, 6) is 0.643. The van der Waals surface area contributed by atoms with E-state index in [0.29, 0.717) is 24.5 Å². The molecule has 0 unspecified atom stereocenters. The van der Waals surface area contributed by atoms with Gasteiger partial charge in [0.15, 0.2) is 23.9 Å². The van der Waals surface area contributed by atoms with Crippen LogP contribution in [0.15, 0.2) is 18.2 Å². The molecule has 1 aromatic heterocycles. The van der Waals surface area contributed by atoms with Crippen molar-refractivity contribution in [3.05, 3.63) is 29.6 Å². The molecule has 0 spiro atoms. The van der Waals surface area contributed by atoms with Crippen LogP contribution in [-0.4, -0.2) is 38.4 Å². The van der Waals surface area contributed by atoms with Gasteiger partial charge in [0.25, 0.3) is 0 Å². The van der Waals surface area contributed by atoms with Gasteiger partial charge >= 0.3 is 5.97 Å². The number of rotatable bonds is 8. The number of aromatic nitrogens is 4. The number of phenolic OH excluding ortho intramolecular Hbond substituents is 1. The van der Waals surface area contributed by atoms with Crippen molar-refractivity contribution in [2.24, 2.45) is 0 Å². The maximum Gasteiger partial charge on any atom is 0.306 e. The number of phenols is 1. The van der Waals surface area contributed by atoms with Crippen molar-refractivity contribution in [3.63, 3.8) is 0 Å². The van der Waals surface area contributed by atoms with E-state index in [-0.39, 0.29) is 24.7 Å². The van der Waals surface area contributed by atoms with Crippen molar-refractivity contribution >= 4 is 5.97 Å². The number of hydrogen-bond donors (Lipinski definition) is 1. The molecule has 23 heavy (non-hydrogen) atoms. The molecule has 2 rings (SSSR count). The molecule has 8 nitrogen and oxygen atoms in total. The Labute approximate surface area is 134 Å². The SMILES string of the molecule is CCCn1nnnc1COC(=O)CCc1ccc(OC)c(O)c1. The first-order valence-corrected chi connectivity index (χ1v) is 7.40. The molecule has 8 heteroatoms. The van der Waals surface area contributed by atoms with Crippen LogP contribution < -0.4 is 4.74 Å². The highest BCUT2D eigenvalue weighted by atomic mass is 16.5. The van der Waals surface area contributed by atoms with E-state index >= 15 is 0 Å². The molecule has 1 heterocycles. The van der Waals surface area contributed by atoms with Crippen LogP contribution >= 0.6 is 0 Å². The van der Waals surface area contributed by atoms with Crippen molar-refractivity contribution in [2.75, 3.05) is 7.11 Å². The van der Waals surface area contributed by atoms with Gasteiger partial charge in [0, 0.05) is 13.0 Å². The average Bonchev–Trinajstić information content (AvgIpc) is 2.99. The van der Waals surface area contributed by atoms with E-state index in [4.69, 9.17) is 9.47 Å². The number of carbonyl (C=O) groups excluding carboxylic acids is 1. The number of tetrazole rings is 1. The Morgan fingerprint density at radius 3 is 2.91 bits per heavy atom. The Balaban J connectivity index is 1.81. The second-order valence-corrected chi connectivity index (χ2v) is 4.99. The predicted molar refractivity (Wildman–Crippen MR) is 80.9 cm³/mol. The molecule has 0 saturated heterocycles. The topological polar surface area (TPSA) is 99.4 Å². The van der Waals surface area contributed by atoms with Crippen LogP contribution in [0.25, 0.3) is 0 Å². The van der Waals surface area contributed by atoms with Gasteiger partial charge in [0.1, 0.15) is 0 Å². The molecule has 0 amide bonds. The lowest BCUT2D eigenvalue weighted by molar-refractivity contribution is -0.145. The molecule has 124 valence electrons. The first-order valence-electron chi connectivity index (χ1n) is 7.40. The summed E-state index contributed by atoms with van der Waals surface area (Å²) >= 11 is 0. The van der Waals surface area contributed by atoms with E-state index in [2.05, 4.69) is 15.5 Å². The Morgan fingerprint density at radius 1 is 1.39 bits per heavy atom. The second-order valence-electron chi connectivity index (χ2n) is 4.99. The average molecular weight is 320 g/mol. The summed E-state index contributed by atoms with van der Waals surface area (Å²) in [6.45, 7) is 2.76. The largest absolute Gasteiger partial charge is 0.504 e. The molecule has 1 aromatic carbocycles. The van der Waals surface area contributed by atoms with Gasteiger partial charge in [-0.1, -0.05) is 13.0 Å². The Kier molecular flexibility index (Phi) is 5.90. The minimum absolute atomic E-state index is 0.0529. The third kappa shape index (κ3) is 4.67. The number of esters is 1. The molecule has 0 aliphatic rings. The van der Waals surface area contributed by atoms with Crippen LogP contribution in [0, 0.1) is 0 Å². The summed E-state index contributed by atoms with van der Waals surface area (Å²) in [5.41, 5.74) is 0.830. The molecular formula is C15H20N4O4. The zero-order chi connectivity index (χ0) is 16.7. The third-order valence-electron chi connectivity index (χ3n) is 3.26. The number of nitrogens with zero attached hydrogens (tertiary/aromatic N) is 4. The van der Waals surface area contributed by atoms with Gasteiger partial charge in [-0.2, -0.15) is 0 Å². The molecule has 0 bridgehead atoms. The van der Waals surface area contributed by atoms with Gasteiger partial charge in [-0.15, -0.1) is 5.10 Å². The molecule has 0 aliphatic heterocycles. The van der Waals surface area contributed by atoms with Crippen LogP contribution in [0.1, 0.15) is 31.2 Å². The number of benzene rings is 1. The maximum absolute atomic E-state index is 11.8. The quantitative estimate of drug-likeness (QED) is 0.735. The highest BCUT2D eigenvalue weighted by Gasteiger charge is 2.10. The lowest BCUT2D eigenvalue weighted by Gasteiger charge is -2.07. The fourth-order valence-electron chi connectivity index (χ4n) is 2.07. The van der Waals surface area contributed by atoms with E-state index in [9.17, 15) is 9.90 Å². The number of ether oxygens (including phenoxy) is 2. The molecule has 0 fully saturated rings. The summed E-state index contributed by atoms with van der Waals surface area (Å²) in [5, 5.41) is 20.9. The van der Waals surface area contributed by atoms with Crippen LogP contribution in [0.2, 0.25) is 0 Å². The summed E-state index contributed by atoms with van der Waals surface area (Å²) in [6.07, 6.45) is 1.57. The maximum atomic E-state index is 11.8. The first kappa shape index (κ1) is 16.7. The second kappa shape index (κ2) is 8.11. The minimum atomic E-state index is -0.341. The smallest absolute Gasteiger partial charge is 0.306 e. The van der Waals surface area contributed by atoms with Gasteiger partial charge in [0.2, 0.25) is 0 Å². The minimum Gasteiger partial charge on any atom is -0.504 e. The van der Waals surface area contributed by atoms with E-state index in [1.165, 1.54) is 7.11 Å². The van der Waals surface area contributed by atoms with Crippen molar-refractivity contribution in [3.8, 4) is 11.5 Å². The Morgan fingerprint density at radius 2 is 2.22 bits per heavy atom. The van der Waals surface area contributed by atoms with Crippen molar-refractivity contribution < 1.29 is 19.4 Å². The van der Waals surface area contributed by atoms with E-state index in [1.807, 2.05) is 6.92 Å².